The molecule has 0 atom stereocenters. The van der Waals surface area contributed by atoms with Crippen LogP contribution in [0.4, 0.5) is 10.8 Å². The van der Waals surface area contributed by atoms with Gasteiger partial charge in [-0.1, -0.05) is 0 Å². The van der Waals surface area contributed by atoms with Crippen LogP contribution in [0.15, 0.2) is 37.1 Å². The van der Waals surface area contributed by atoms with Crippen molar-refractivity contribution in [1.29, 1.82) is 0 Å². The molecule has 0 amide bonds. The molecule has 1 aliphatic heterocycles. The van der Waals surface area contributed by atoms with Crippen molar-refractivity contribution in [2.24, 2.45) is 12.9 Å². The highest BCUT2D eigenvalue weighted by molar-refractivity contribution is 7.10. The number of piperidine rings is 1. The van der Waals surface area contributed by atoms with Gasteiger partial charge in [0.25, 0.3) is 0 Å². The van der Waals surface area contributed by atoms with E-state index in [4.69, 9.17) is 5.84 Å². The van der Waals surface area contributed by atoms with Gasteiger partial charge in [0, 0.05) is 37.1 Å². The summed E-state index contributed by atoms with van der Waals surface area (Å²) in [4.78, 5) is 9.05. The van der Waals surface area contributed by atoms with E-state index in [9.17, 15) is 0 Å². The fourth-order valence-corrected chi connectivity index (χ4v) is 4.40. The average Bonchev–Trinajstić information content (AvgIpc) is 3.47. The van der Waals surface area contributed by atoms with Crippen LogP contribution in [0, 0.1) is 0 Å². The van der Waals surface area contributed by atoms with E-state index in [0.29, 0.717) is 17.4 Å². The largest absolute Gasteiger partial charge is 0.317 e. The summed E-state index contributed by atoms with van der Waals surface area (Å²) in [5.41, 5.74) is 3.74. The highest BCUT2D eigenvalue weighted by atomic mass is 32.1. The fourth-order valence-electron chi connectivity index (χ4n) is 3.65. The Hall–Kier alpha value is -2.82. The zero-order valence-corrected chi connectivity index (χ0v) is 16.3. The minimum Gasteiger partial charge on any atom is -0.317 e. The van der Waals surface area contributed by atoms with E-state index < -0.39 is 0 Å². The molecule has 28 heavy (non-hydrogen) atoms. The first-order valence-electron chi connectivity index (χ1n) is 9.24. The molecule has 9 nitrogen and oxygen atoms in total. The first-order valence-corrected chi connectivity index (χ1v) is 10.0. The number of nitrogens with one attached hydrogen (secondary N) is 1. The predicted octanol–water partition coefficient (Wildman–Crippen LogP) is 2.07. The van der Waals surface area contributed by atoms with Crippen molar-refractivity contribution >= 4 is 28.0 Å². The fraction of sp³-hybridized carbons (Fsp3) is 0.333. The summed E-state index contributed by atoms with van der Waals surface area (Å²) in [7, 11) is 1.89. The van der Waals surface area contributed by atoms with Crippen molar-refractivity contribution in [2.75, 3.05) is 18.1 Å². The third-order valence-electron chi connectivity index (χ3n) is 5.15. The number of hydrogen-bond donors (Lipinski definition) is 2. The molecule has 0 saturated carbocycles. The Morgan fingerprint density at radius 3 is 2.89 bits per heavy atom. The third kappa shape index (κ3) is 2.95. The van der Waals surface area contributed by atoms with Crippen LogP contribution in [-0.4, -0.2) is 41.6 Å². The average molecular weight is 395 g/mol. The predicted molar refractivity (Wildman–Crippen MR) is 108 cm³/mol. The maximum atomic E-state index is 6.44. The minimum atomic E-state index is 0.493. The molecule has 144 valence electrons. The van der Waals surface area contributed by atoms with Gasteiger partial charge in [-0.15, -0.1) is 0 Å². The van der Waals surface area contributed by atoms with Gasteiger partial charge < -0.3 is 5.32 Å². The van der Waals surface area contributed by atoms with E-state index in [1.54, 1.807) is 15.9 Å². The first kappa shape index (κ1) is 17.3. The van der Waals surface area contributed by atoms with E-state index in [0.717, 1.165) is 47.9 Å². The molecule has 0 spiro atoms. The summed E-state index contributed by atoms with van der Waals surface area (Å²) in [5.74, 6) is 7.52. The second-order valence-corrected chi connectivity index (χ2v) is 7.76. The van der Waals surface area contributed by atoms with Gasteiger partial charge in [0.15, 0.2) is 11.5 Å². The first-order chi connectivity index (χ1) is 13.7. The van der Waals surface area contributed by atoms with Gasteiger partial charge in [-0.2, -0.15) is 9.47 Å². The van der Waals surface area contributed by atoms with Gasteiger partial charge in [-0.05, 0) is 43.5 Å². The van der Waals surface area contributed by atoms with Crippen LogP contribution in [0.25, 0.3) is 16.9 Å². The van der Waals surface area contributed by atoms with Crippen molar-refractivity contribution in [2.45, 2.75) is 18.8 Å². The lowest BCUT2D eigenvalue weighted by Gasteiger charge is -2.20. The van der Waals surface area contributed by atoms with Crippen LogP contribution in [-0.2, 0) is 7.05 Å². The number of rotatable bonds is 4. The van der Waals surface area contributed by atoms with Gasteiger partial charge >= 0.3 is 0 Å². The molecule has 1 aliphatic rings. The molecule has 0 radical (unpaired) electrons. The molecule has 0 aliphatic carbocycles. The molecule has 4 aromatic rings. The SMILES string of the molecule is Cn1cc(-c2cnc3c(N(N)c4cc(C5CCNCC5)ns4)nccn23)cn1. The summed E-state index contributed by atoms with van der Waals surface area (Å²) in [6.45, 7) is 2.08. The monoisotopic (exact) mass is 395 g/mol. The summed E-state index contributed by atoms with van der Waals surface area (Å²) in [6.07, 6.45) is 11.4. The van der Waals surface area contributed by atoms with Crippen LogP contribution in [0.3, 0.4) is 0 Å². The topological polar surface area (TPSA) is 102 Å². The Kier molecular flexibility index (Phi) is 4.30. The molecular weight excluding hydrogens is 374 g/mol. The van der Waals surface area contributed by atoms with E-state index in [1.165, 1.54) is 11.5 Å². The van der Waals surface area contributed by atoms with Crippen molar-refractivity contribution in [3.05, 3.63) is 42.7 Å². The summed E-state index contributed by atoms with van der Waals surface area (Å²) in [5, 5.41) is 10.1. The molecule has 0 bridgehead atoms. The molecular formula is C18H21N9S. The van der Waals surface area contributed by atoms with Crippen LogP contribution in [0.2, 0.25) is 0 Å². The van der Waals surface area contributed by atoms with E-state index in [1.807, 2.05) is 36.2 Å². The molecule has 5 rings (SSSR count). The quantitative estimate of drug-likeness (QED) is 0.403. The smallest absolute Gasteiger partial charge is 0.192 e. The highest BCUT2D eigenvalue weighted by Crippen LogP contribution is 2.33. The van der Waals surface area contributed by atoms with Gasteiger partial charge in [-0.25, -0.2) is 20.8 Å². The van der Waals surface area contributed by atoms with E-state index in [-0.39, 0.29) is 0 Å². The van der Waals surface area contributed by atoms with Crippen LogP contribution >= 0.6 is 11.5 Å². The standard InChI is InChI=1S/C18H21N9S/c1-25-11-13(9-23-25)15-10-22-17-18(21-6-7-26(15)17)27(19)16-8-14(24-28-16)12-2-4-20-5-3-12/h6-12,20H,2-5,19H2,1H3. The summed E-state index contributed by atoms with van der Waals surface area (Å²) < 4.78 is 8.40. The molecule has 0 aromatic carbocycles. The molecule has 10 heteroatoms. The van der Waals surface area contributed by atoms with Crippen molar-refractivity contribution in [3.63, 3.8) is 0 Å². The molecule has 1 saturated heterocycles. The van der Waals surface area contributed by atoms with E-state index in [2.05, 4.69) is 30.8 Å². The number of fused-ring (bicyclic) bond motifs is 1. The lowest BCUT2D eigenvalue weighted by Crippen LogP contribution is -2.27. The second-order valence-electron chi connectivity index (χ2n) is 6.97. The lowest BCUT2D eigenvalue weighted by molar-refractivity contribution is 0.455. The number of aryl methyl sites for hydroxylation is 1. The molecule has 5 heterocycles. The normalized spacial score (nSPS) is 15.4. The summed E-state index contributed by atoms with van der Waals surface area (Å²) >= 11 is 1.40. The Balaban J connectivity index is 1.49. The maximum Gasteiger partial charge on any atom is 0.192 e. The zero-order chi connectivity index (χ0) is 19.1. The second kappa shape index (κ2) is 6.97. The molecule has 3 N–H and O–H groups in total. The molecule has 4 aromatic heterocycles. The highest BCUT2D eigenvalue weighted by Gasteiger charge is 2.21. The number of imidazole rings is 1. The summed E-state index contributed by atoms with van der Waals surface area (Å²) in [6, 6.07) is 2.08. The number of hydrazine groups is 1. The van der Waals surface area contributed by atoms with Gasteiger partial charge in [0.05, 0.1) is 23.8 Å². The number of nitrogens with zero attached hydrogens (tertiary/aromatic N) is 7. The Bertz CT molecular complexity index is 1110. The maximum absolute atomic E-state index is 6.44. The minimum absolute atomic E-state index is 0.493. The number of nitrogens with two attached hydrogens (primary N) is 1. The molecule has 0 unspecified atom stereocenters. The Morgan fingerprint density at radius 1 is 1.25 bits per heavy atom. The lowest BCUT2D eigenvalue weighted by atomic mass is 9.95. The molecule has 1 fully saturated rings. The van der Waals surface area contributed by atoms with Gasteiger partial charge in [0.1, 0.15) is 5.00 Å². The van der Waals surface area contributed by atoms with Crippen LogP contribution in [0.5, 0.6) is 0 Å². The number of aromatic nitrogens is 6. The van der Waals surface area contributed by atoms with Crippen molar-refractivity contribution in [1.82, 2.24) is 33.8 Å². The van der Waals surface area contributed by atoms with Gasteiger partial charge in [0.2, 0.25) is 0 Å². The Labute approximate surface area is 166 Å². The Morgan fingerprint density at radius 2 is 2.11 bits per heavy atom. The number of hydrogen-bond acceptors (Lipinski definition) is 8. The van der Waals surface area contributed by atoms with Crippen molar-refractivity contribution < 1.29 is 0 Å². The van der Waals surface area contributed by atoms with Crippen LogP contribution in [0.1, 0.15) is 24.5 Å². The van der Waals surface area contributed by atoms with Gasteiger partial charge in [-0.3, -0.25) is 9.08 Å². The van der Waals surface area contributed by atoms with Crippen molar-refractivity contribution in [3.8, 4) is 11.3 Å². The van der Waals surface area contributed by atoms with Crippen LogP contribution < -0.4 is 16.2 Å². The zero-order valence-electron chi connectivity index (χ0n) is 15.5. The third-order valence-corrected chi connectivity index (χ3v) is 5.95. The van der Waals surface area contributed by atoms with E-state index >= 15 is 0 Å². The number of anilines is 2.